The molecular formula is C42H51N5O9. The number of amides is 1. The highest BCUT2D eigenvalue weighted by molar-refractivity contribution is 5.94. The fourth-order valence-corrected chi connectivity index (χ4v) is 6.24. The van der Waals surface area contributed by atoms with Crippen LogP contribution in [0.25, 0.3) is 0 Å². The Morgan fingerprint density at radius 2 is 1.23 bits per heavy atom. The molecule has 2 aromatic heterocycles. The van der Waals surface area contributed by atoms with E-state index in [2.05, 4.69) is 49.4 Å². The maximum absolute atomic E-state index is 13.1. The SMILES string of the molecule is Cc1ccc(CCNC(=O)c2ccc(C(c3cccc(C(=O)O)n3)N3CCOCCOCCN(Cc4cccc(C(=O)O)n4)CCOCCOCC3)cc2)cc1. The molecule has 3 heterocycles. The van der Waals surface area contributed by atoms with E-state index in [4.69, 9.17) is 18.9 Å². The van der Waals surface area contributed by atoms with Crippen molar-refractivity contribution in [3.8, 4) is 0 Å². The van der Waals surface area contributed by atoms with Crippen molar-refractivity contribution in [2.24, 2.45) is 0 Å². The van der Waals surface area contributed by atoms with Crippen LogP contribution in [0.2, 0.25) is 0 Å². The number of hydrogen-bond donors (Lipinski definition) is 3. The van der Waals surface area contributed by atoms with Crippen molar-refractivity contribution < 1.29 is 43.5 Å². The quantitative estimate of drug-likeness (QED) is 0.199. The summed E-state index contributed by atoms with van der Waals surface area (Å²) in [6.07, 6.45) is 0.721. The summed E-state index contributed by atoms with van der Waals surface area (Å²) in [6.45, 7) is 8.19. The number of aryl methyl sites for hydroxylation is 1. The summed E-state index contributed by atoms with van der Waals surface area (Å²) in [4.78, 5) is 49.4. The number of carbonyl (C=O) groups excluding carboxylic acids is 1. The lowest BCUT2D eigenvalue weighted by molar-refractivity contribution is 0.00331. The number of carboxylic acids is 2. The van der Waals surface area contributed by atoms with Crippen LogP contribution < -0.4 is 5.32 Å². The van der Waals surface area contributed by atoms with Crippen molar-refractivity contribution in [3.05, 3.63) is 130 Å². The predicted molar refractivity (Wildman–Crippen MR) is 208 cm³/mol. The van der Waals surface area contributed by atoms with Gasteiger partial charge in [-0.15, -0.1) is 0 Å². The molecule has 1 saturated heterocycles. The lowest BCUT2D eigenvalue weighted by atomic mass is 9.99. The van der Waals surface area contributed by atoms with Crippen LogP contribution in [0.4, 0.5) is 0 Å². The summed E-state index contributed by atoms with van der Waals surface area (Å²) < 4.78 is 23.8. The topological polar surface area (TPSA) is 173 Å². The number of rotatable bonds is 11. The van der Waals surface area contributed by atoms with Crippen LogP contribution in [0.3, 0.4) is 0 Å². The second-order valence-electron chi connectivity index (χ2n) is 13.3. The number of aromatic nitrogens is 2. The van der Waals surface area contributed by atoms with Gasteiger partial charge in [0, 0.05) is 44.8 Å². The fraction of sp³-hybridized carbons (Fsp3) is 0.405. The Hall–Kier alpha value is -5.09. The van der Waals surface area contributed by atoms with E-state index in [0.717, 1.165) is 17.5 Å². The molecule has 1 aliphatic rings. The number of nitrogens with one attached hydrogen (secondary N) is 1. The van der Waals surface area contributed by atoms with Crippen LogP contribution in [0.15, 0.2) is 84.9 Å². The first-order valence-corrected chi connectivity index (χ1v) is 18.9. The molecule has 4 aromatic rings. The number of carboxylic acid groups (broad SMARTS) is 2. The zero-order valence-corrected chi connectivity index (χ0v) is 31.8. The van der Waals surface area contributed by atoms with Gasteiger partial charge in [0.25, 0.3) is 5.91 Å². The Labute approximate surface area is 327 Å². The first kappa shape index (κ1) is 42.1. The molecule has 1 atom stereocenters. The zero-order valence-electron chi connectivity index (χ0n) is 31.8. The van der Waals surface area contributed by atoms with E-state index in [-0.39, 0.29) is 17.3 Å². The van der Waals surface area contributed by atoms with Crippen molar-refractivity contribution in [3.63, 3.8) is 0 Å². The monoisotopic (exact) mass is 769 g/mol. The molecule has 14 heteroatoms. The Balaban J connectivity index is 1.23. The molecule has 2 aromatic carbocycles. The molecule has 56 heavy (non-hydrogen) atoms. The summed E-state index contributed by atoms with van der Waals surface area (Å²) in [6, 6.07) is 25.0. The van der Waals surface area contributed by atoms with Gasteiger partial charge in [-0.25, -0.2) is 19.6 Å². The van der Waals surface area contributed by atoms with Gasteiger partial charge in [0.2, 0.25) is 0 Å². The van der Waals surface area contributed by atoms with Crippen LogP contribution in [0.5, 0.6) is 0 Å². The van der Waals surface area contributed by atoms with Crippen molar-refractivity contribution >= 4 is 17.8 Å². The Morgan fingerprint density at radius 1 is 0.679 bits per heavy atom. The lowest BCUT2D eigenvalue weighted by Crippen LogP contribution is -2.36. The average Bonchev–Trinajstić information content (AvgIpc) is 3.20. The van der Waals surface area contributed by atoms with Gasteiger partial charge in [0.15, 0.2) is 0 Å². The van der Waals surface area contributed by atoms with Gasteiger partial charge < -0.3 is 34.5 Å². The summed E-state index contributed by atoms with van der Waals surface area (Å²) in [5.74, 6) is -2.37. The number of nitrogens with zero attached hydrogens (tertiary/aromatic N) is 4. The third kappa shape index (κ3) is 13.6. The largest absolute Gasteiger partial charge is 0.477 e. The van der Waals surface area contributed by atoms with Gasteiger partial charge in [-0.3, -0.25) is 14.6 Å². The van der Waals surface area contributed by atoms with Gasteiger partial charge in [-0.1, -0.05) is 54.1 Å². The van der Waals surface area contributed by atoms with Crippen LogP contribution in [-0.2, 0) is 31.9 Å². The summed E-state index contributed by atoms with van der Waals surface area (Å²) in [5, 5.41) is 22.1. The molecule has 14 nitrogen and oxygen atoms in total. The number of carbonyl (C=O) groups is 3. The maximum Gasteiger partial charge on any atom is 0.354 e. The van der Waals surface area contributed by atoms with E-state index in [1.165, 1.54) is 17.7 Å². The van der Waals surface area contributed by atoms with Gasteiger partial charge in [0.05, 0.1) is 70.3 Å². The van der Waals surface area contributed by atoms with Gasteiger partial charge in [-0.2, -0.15) is 0 Å². The number of pyridine rings is 2. The third-order valence-electron chi connectivity index (χ3n) is 9.25. The van der Waals surface area contributed by atoms with Crippen molar-refractivity contribution in [1.82, 2.24) is 25.1 Å². The molecule has 0 aliphatic carbocycles. The van der Waals surface area contributed by atoms with E-state index < -0.39 is 18.0 Å². The standard InChI is InChI=1S/C42H51N5O9/c1-31-8-10-32(11-9-31)16-17-43-40(48)34-14-12-33(13-15-34)39(36-5-3-7-38(45-36)42(51)52)47-20-24-55-28-26-53-22-18-46(19-23-54-27-29-56-25-21-47)30-35-4-2-6-37(44-35)41(49)50/h2-15,39H,16-30H2,1H3,(H,43,48)(H,49,50)(H,51,52). The number of aromatic carboxylic acids is 2. The molecule has 1 amide bonds. The molecule has 1 fully saturated rings. The van der Waals surface area contributed by atoms with Gasteiger partial charge in [-0.05, 0) is 60.9 Å². The summed E-state index contributed by atoms with van der Waals surface area (Å²) in [7, 11) is 0. The lowest BCUT2D eigenvalue weighted by Gasteiger charge is -2.32. The van der Waals surface area contributed by atoms with Crippen LogP contribution >= 0.6 is 0 Å². The van der Waals surface area contributed by atoms with Crippen LogP contribution in [0.1, 0.15) is 65.5 Å². The average molecular weight is 770 g/mol. The second-order valence-corrected chi connectivity index (χ2v) is 13.3. The molecule has 0 spiro atoms. The van der Waals surface area contributed by atoms with E-state index in [9.17, 15) is 24.6 Å². The molecule has 0 saturated carbocycles. The van der Waals surface area contributed by atoms with Gasteiger partial charge in [0.1, 0.15) is 11.4 Å². The minimum Gasteiger partial charge on any atom is -0.477 e. The summed E-state index contributed by atoms with van der Waals surface area (Å²) >= 11 is 0. The Bertz CT molecular complexity index is 1820. The van der Waals surface area contributed by atoms with Crippen molar-refractivity contribution in [2.45, 2.75) is 25.9 Å². The number of hydrogen-bond acceptors (Lipinski definition) is 11. The highest BCUT2D eigenvalue weighted by Gasteiger charge is 2.25. The Morgan fingerprint density at radius 3 is 1.82 bits per heavy atom. The second kappa shape index (κ2) is 22.5. The highest BCUT2D eigenvalue weighted by atomic mass is 16.5. The highest BCUT2D eigenvalue weighted by Crippen LogP contribution is 2.28. The van der Waals surface area contributed by atoms with E-state index in [0.29, 0.717) is 109 Å². The molecule has 0 radical (unpaired) electrons. The van der Waals surface area contributed by atoms with Crippen LogP contribution in [-0.4, -0.2) is 133 Å². The zero-order chi connectivity index (χ0) is 39.5. The molecule has 3 N–H and O–H groups in total. The van der Waals surface area contributed by atoms with Crippen molar-refractivity contribution in [2.75, 3.05) is 85.6 Å². The molecule has 1 aliphatic heterocycles. The third-order valence-corrected chi connectivity index (χ3v) is 9.25. The molecular weight excluding hydrogens is 718 g/mol. The minimum atomic E-state index is -1.12. The summed E-state index contributed by atoms with van der Waals surface area (Å²) in [5.41, 5.74) is 4.82. The first-order chi connectivity index (χ1) is 27.3. The van der Waals surface area contributed by atoms with Crippen LogP contribution in [0, 0.1) is 6.92 Å². The first-order valence-electron chi connectivity index (χ1n) is 18.9. The van der Waals surface area contributed by atoms with Crippen molar-refractivity contribution in [1.29, 1.82) is 0 Å². The predicted octanol–water partition coefficient (Wildman–Crippen LogP) is 4.13. The van der Waals surface area contributed by atoms with E-state index in [1.54, 1.807) is 36.4 Å². The maximum atomic E-state index is 13.1. The number of benzene rings is 2. The molecule has 298 valence electrons. The van der Waals surface area contributed by atoms with E-state index in [1.807, 2.05) is 19.1 Å². The molecule has 5 rings (SSSR count). The molecule has 1 unspecified atom stereocenters. The van der Waals surface area contributed by atoms with Gasteiger partial charge >= 0.3 is 11.9 Å². The van der Waals surface area contributed by atoms with E-state index >= 15 is 0 Å². The normalized spacial score (nSPS) is 16.6. The molecule has 0 bridgehead atoms. The number of ether oxygens (including phenoxy) is 4. The smallest absolute Gasteiger partial charge is 0.354 e. The Kier molecular flexibility index (Phi) is 16.9. The minimum absolute atomic E-state index is 0.00307. The fourth-order valence-electron chi connectivity index (χ4n) is 6.24.